The van der Waals surface area contributed by atoms with E-state index in [1.54, 1.807) is 7.11 Å². The molecule has 0 bridgehead atoms. The van der Waals surface area contributed by atoms with Crippen LogP contribution in [0.5, 0.6) is 0 Å². The van der Waals surface area contributed by atoms with Gasteiger partial charge in [0.05, 0.1) is 12.0 Å². The largest absolute Gasteiger partial charge is 0.384 e. The number of hydrogen-bond acceptors (Lipinski definition) is 4. The molecule has 1 N–H and O–H groups in total. The molecule has 3 aliphatic heterocycles. The van der Waals surface area contributed by atoms with Gasteiger partial charge in [0, 0.05) is 32.8 Å². The Labute approximate surface area is 153 Å². The average molecular weight is 352 g/mol. The Morgan fingerprint density at radius 2 is 1.96 bits per heavy atom. The van der Waals surface area contributed by atoms with Crippen LogP contribution in [0.4, 0.5) is 0 Å². The van der Waals surface area contributed by atoms with Crippen LogP contribution in [0.15, 0.2) is 0 Å². The van der Waals surface area contributed by atoms with Crippen LogP contribution in [0.2, 0.25) is 0 Å². The van der Waals surface area contributed by atoms with Gasteiger partial charge in [-0.1, -0.05) is 6.42 Å². The highest BCUT2D eigenvalue weighted by Crippen LogP contribution is 2.33. The number of amides is 1. The molecule has 25 heavy (non-hydrogen) atoms. The van der Waals surface area contributed by atoms with Crippen molar-refractivity contribution >= 4 is 5.91 Å². The third kappa shape index (κ3) is 4.55. The number of ether oxygens (including phenoxy) is 1. The van der Waals surface area contributed by atoms with Gasteiger partial charge in [-0.05, 0) is 71.0 Å². The van der Waals surface area contributed by atoms with Gasteiger partial charge in [-0.2, -0.15) is 0 Å². The number of nitrogens with zero attached hydrogens (tertiary/aromatic N) is 2. The summed E-state index contributed by atoms with van der Waals surface area (Å²) in [6, 6.07) is 0.712. The van der Waals surface area contributed by atoms with Crippen LogP contribution in [0.3, 0.4) is 0 Å². The Kier molecular flexibility index (Phi) is 6.75. The first-order valence-corrected chi connectivity index (χ1v) is 10.4. The number of piperidine rings is 3. The second-order valence-electron chi connectivity index (χ2n) is 8.56. The summed E-state index contributed by atoms with van der Waals surface area (Å²) in [5, 5.41) is 3.39. The molecule has 0 aromatic heterocycles. The molecule has 0 saturated carbocycles. The highest BCUT2D eigenvalue weighted by Gasteiger charge is 2.43. The Hall–Kier alpha value is -0.650. The first kappa shape index (κ1) is 19.1. The van der Waals surface area contributed by atoms with Gasteiger partial charge in [-0.15, -0.1) is 0 Å². The Balaban J connectivity index is 1.60. The van der Waals surface area contributed by atoms with Crippen molar-refractivity contribution in [1.29, 1.82) is 0 Å². The fourth-order valence-corrected chi connectivity index (χ4v) is 5.10. The van der Waals surface area contributed by atoms with Crippen molar-refractivity contribution in [2.45, 2.75) is 57.9 Å². The van der Waals surface area contributed by atoms with Gasteiger partial charge < -0.3 is 19.9 Å². The molecule has 2 unspecified atom stereocenters. The van der Waals surface area contributed by atoms with E-state index in [1.807, 2.05) is 0 Å². The number of methoxy groups -OCH3 is 1. The van der Waals surface area contributed by atoms with Crippen LogP contribution in [0, 0.1) is 11.3 Å². The molecule has 3 rings (SSSR count). The fraction of sp³-hybridized carbons (Fsp3) is 0.950. The molecule has 0 radical (unpaired) electrons. The molecule has 5 heteroatoms. The molecule has 2 atom stereocenters. The van der Waals surface area contributed by atoms with E-state index in [0.717, 1.165) is 45.4 Å². The lowest BCUT2D eigenvalue weighted by molar-refractivity contribution is -0.149. The highest BCUT2D eigenvalue weighted by atomic mass is 16.5. The van der Waals surface area contributed by atoms with Gasteiger partial charge in [0.2, 0.25) is 5.91 Å². The third-order valence-electron chi connectivity index (χ3n) is 6.67. The first-order valence-electron chi connectivity index (χ1n) is 10.4. The normalized spacial score (nSPS) is 31.0. The van der Waals surface area contributed by atoms with Crippen LogP contribution in [-0.4, -0.2) is 74.7 Å². The maximum Gasteiger partial charge on any atom is 0.231 e. The molecular weight excluding hydrogens is 314 g/mol. The third-order valence-corrected chi connectivity index (χ3v) is 6.67. The van der Waals surface area contributed by atoms with Crippen LogP contribution >= 0.6 is 0 Å². The van der Waals surface area contributed by atoms with Gasteiger partial charge in [0.15, 0.2) is 0 Å². The van der Waals surface area contributed by atoms with Gasteiger partial charge in [-0.3, -0.25) is 4.79 Å². The quantitative estimate of drug-likeness (QED) is 0.824. The lowest BCUT2D eigenvalue weighted by Gasteiger charge is -2.44. The van der Waals surface area contributed by atoms with Crippen LogP contribution < -0.4 is 5.32 Å². The summed E-state index contributed by atoms with van der Waals surface area (Å²) in [7, 11) is 1.73. The van der Waals surface area contributed by atoms with Crippen molar-refractivity contribution in [2.24, 2.45) is 11.3 Å². The molecule has 3 heterocycles. The van der Waals surface area contributed by atoms with Gasteiger partial charge in [0.25, 0.3) is 0 Å². The van der Waals surface area contributed by atoms with E-state index in [4.69, 9.17) is 4.74 Å². The standard InChI is InChI=1S/C20H37N3O2/c1-17-6-3-4-12-22(17)14-18-7-5-13-23(15-18)19(24)20(16-25-2)8-10-21-11-9-20/h17-18,21H,3-16H2,1-2H3. The Bertz CT molecular complexity index is 431. The predicted molar refractivity (Wildman–Crippen MR) is 101 cm³/mol. The first-order chi connectivity index (χ1) is 12.1. The van der Waals surface area contributed by atoms with Crippen LogP contribution in [-0.2, 0) is 9.53 Å². The zero-order valence-corrected chi connectivity index (χ0v) is 16.3. The molecular formula is C20H37N3O2. The zero-order valence-electron chi connectivity index (χ0n) is 16.3. The molecule has 3 fully saturated rings. The van der Waals surface area contributed by atoms with E-state index < -0.39 is 0 Å². The topological polar surface area (TPSA) is 44.8 Å². The summed E-state index contributed by atoms with van der Waals surface area (Å²) in [5.74, 6) is 0.992. The van der Waals surface area contributed by atoms with E-state index >= 15 is 0 Å². The van der Waals surface area contributed by atoms with Crippen LogP contribution in [0.25, 0.3) is 0 Å². The summed E-state index contributed by atoms with van der Waals surface area (Å²) >= 11 is 0. The lowest BCUT2D eigenvalue weighted by atomic mass is 9.77. The zero-order chi connectivity index (χ0) is 17.7. The summed E-state index contributed by atoms with van der Waals surface area (Å²) in [6.07, 6.45) is 8.28. The van der Waals surface area contributed by atoms with E-state index in [0.29, 0.717) is 24.5 Å². The monoisotopic (exact) mass is 351 g/mol. The van der Waals surface area contributed by atoms with Crippen molar-refractivity contribution in [3.8, 4) is 0 Å². The maximum atomic E-state index is 13.4. The summed E-state index contributed by atoms with van der Waals surface area (Å²) in [4.78, 5) is 18.2. The molecule has 144 valence electrons. The van der Waals surface area contributed by atoms with Crippen LogP contribution in [0.1, 0.15) is 51.9 Å². The van der Waals surface area contributed by atoms with Crippen molar-refractivity contribution < 1.29 is 9.53 Å². The average Bonchev–Trinajstić information content (AvgIpc) is 2.64. The predicted octanol–water partition coefficient (Wildman–Crippen LogP) is 2.12. The van der Waals surface area contributed by atoms with Crippen molar-refractivity contribution in [3.05, 3.63) is 0 Å². The number of carbonyl (C=O) groups excluding carboxylic acids is 1. The molecule has 0 aromatic rings. The number of carbonyl (C=O) groups is 1. The van der Waals surface area contributed by atoms with Crippen molar-refractivity contribution in [3.63, 3.8) is 0 Å². The van der Waals surface area contributed by atoms with E-state index in [2.05, 4.69) is 22.0 Å². The van der Waals surface area contributed by atoms with E-state index in [1.165, 1.54) is 38.8 Å². The van der Waals surface area contributed by atoms with Gasteiger partial charge in [0.1, 0.15) is 0 Å². The number of rotatable bonds is 5. The van der Waals surface area contributed by atoms with Gasteiger partial charge >= 0.3 is 0 Å². The minimum absolute atomic E-state index is 0.291. The second kappa shape index (κ2) is 8.83. The molecule has 0 aliphatic carbocycles. The summed E-state index contributed by atoms with van der Waals surface area (Å²) in [6.45, 7) is 9.08. The number of hydrogen-bond donors (Lipinski definition) is 1. The summed E-state index contributed by atoms with van der Waals surface area (Å²) < 4.78 is 5.48. The van der Waals surface area contributed by atoms with Crippen molar-refractivity contribution in [1.82, 2.24) is 15.1 Å². The van der Waals surface area contributed by atoms with E-state index in [9.17, 15) is 4.79 Å². The highest BCUT2D eigenvalue weighted by molar-refractivity contribution is 5.83. The number of likely N-dealkylation sites (tertiary alicyclic amines) is 2. The minimum atomic E-state index is -0.291. The van der Waals surface area contributed by atoms with E-state index in [-0.39, 0.29) is 5.41 Å². The SMILES string of the molecule is COCC1(C(=O)N2CCCC(CN3CCCCC3C)C2)CCNCC1. The molecule has 3 saturated heterocycles. The fourth-order valence-electron chi connectivity index (χ4n) is 5.10. The second-order valence-corrected chi connectivity index (χ2v) is 8.56. The molecule has 0 spiro atoms. The smallest absolute Gasteiger partial charge is 0.231 e. The molecule has 1 amide bonds. The Morgan fingerprint density at radius 1 is 1.16 bits per heavy atom. The Morgan fingerprint density at radius 3 is 2.68 bits per heavy atom. The molecule has 0 aromatic carbocycles. The molecule has 5 nitrogen and oxygen atoms in total. The van der Waals surface area contributed by atoms with Crippen molar-refractivity contribution in [2.75, 3.05) is 53.0 Å². The maximum absolute atomic E-state index is 13.4. The minimum Gasteiger partial charge on any atom is -0.384 e. The lowest BCUT2D eigenvalue weighted by Crippen LogP contribution is -2.54. The molecule has 3 aliphatic rings. The number of nitrogens with one attached hydrogen (secondary N) is 1. The van der Waals surface area contributed by atoms with Gasteiger partial charge in [-0.25, -0.2) is 0 Å². The summed E-state index contributed by atoms with van der Waals surface area (Å²) in [5.41, 5.74) is -0.291.